The minimum atomic E-state index is -1.05. The summed E-state index contributed by atoms with van der Waals surface area (Å²) in [6, 6.07) is 0. The number of halogens is 2. The van der Waals surface area contributed by atoms with Crippen LogP contribution >= 0.6 is 23.5 Å². The summed E-state index contributed by atoms with van der Waals surface area (Å²) in [5, 5.41) is 2.33. The Morgan fingerprint density at radius 3 is 2.85 bits per heavy atom. The Kier molecular flexibility index (Phi) is 10.5. The number of alkyl halides is 2. The smallest absolute Gasteiger partial charge is 0.250 e. The summed E-state index contributed by atoms with van der Waals surface area (Å²) >= 11 is 7.63. The lowest BCUT2D eigenvalue weighted by molar-refractivity contribution is -0.128. The average Bonchev–Trinajstić information content (AvgIpc) is 2.62. The Balaban J connectivity index is 1.48. The van der Waals surface area contributed by atoms with Crippen LogP contribution in [0.15, 0.2) is 12.3 Å². The van der Waals surface area contributed by atoms with Gasteiger partial charge in [0.25, 0.3) is 0 Å². The van der Waals surface area contributed by atoms with Crippen molar-refractivity contribution in [2.45, 2.75) is 75.9 Å². The molecular weight excluding hydrogens is 387 g/mol. The summed E-state index contributed by atoms with van der Waals surface area (Å²) in [5.41, 5.74) is 0.677. The highest BCUT2D eigenvalue weighted by atomic mass is 35.5. The topological polar surface area (TPSA) is 50.4 Å². The molecule has 156 valence electrons. The molecule has 0 radical (unpaired) electrons. The molecule has 0 saturated heterocycles. The van der Waals surface area contributed by atoms with Crippen LogP contribution in [0.25, 0.3) is 0 Å². The van der Waals surface area contributed by atoms with Crippen LogP contribution in [-0.2, 0) is 9.53 Å². The van der Waals surface area contributed by atoms with Gasteiger partial charge in [-0.15, -0.1) is 11.6 Å². The van der Waals surface area contributed by atoms with E-state index in [1.54, 1.807) is 11.9 Å². The quantitative estimate of drug-likeness (QED) is 0.308. The second kappa shape index (κ2) is 12.3. The van der Waals surface area contributed by atoms with Crippen molar-refractivity contribution in [3.63, 3.8) is 0 Å². The first-order valence-electron chi connectivity index (χ1n) is 10.2. The molecule has 2 rings (SSSR count). The van der Waals surface area contributed by atoms with Gasteiger partial charge in [0.05, 0.1) is 11.5 Å². The molecule has 2 aliphatic carbocycles. The Labute approximate surface area is 172 Å². The van der Waals surface area contributed by atoms with Crippen molar-refractivity contribution in [3.05, 3.63) is 12.3 Å². The Bertz CT molecular complexity index is 483. The van der Waals surface area contributed by atoms with Crippen molar-refractivity contribution < 1.29 is 13.9 Å². The maximum absolute atomic E-state index is 13.6. The first-order valence-corrected chi connectivity index (χ1v) is 11.6. The number of nitrogens with one attached hydrogen (secondary N) is 2. The summed E-state index contributed by atoms with van der Waals surface area (Å²) in [5.74, 6) is 2.61. The first kappa shape index (κ1) is 23.0. The number of rotatable bonds is 10. The second-order valence-corrected chi connectivity index (χ2v) is 9.49. The molecule has 4 nitrogen and oxygen atoms in total. The van der Waals surface area contributed by atoms with E-state index in [1.807, 2.05) is 0 Å². The third-order valence-corrected chi connectivity index (χ3v) is 6.94. The van der Waals surface area contributed by atoms with E-state index in [0.717, 1.165) is 24.1 Å². The minimum absolute atomic E-state index is 0.0641. The number of ether oxygens (including phenoxy) is 1. The lowest BCUT2D eigenvalue weighted by Gasteiger charge is -2.28. The molecule has 2 fully saturated rings. The SMILES string of the molecule is C=C(CCNSCC1CCCC(C)C1)NC(=O)COC1CCC(Cl)C(F)C1. The molecule has 0 spiro atoms. The zero-order valence-electron chi connectivity index (χ0n) is 16.4. The molecule has 2 aliphatic rings. The number of hydrogen-bond donors (Lipinski definition) is 2. The standard InChI is InChI=1S/C20H34ClFN2O2S/c1-14-4-3-5-16(10-14)13-27-23-9-8-15(2)24-20(25)12-26-17-6-7-18(21)19(22)11-17/h14,16-19,23H,2-13H2,1H3,(H,24,25). The highest BCUT2D eigenvalue weighted by molar-refractivity contribution is 7.97. The van der Waals surface area contributed by atoms with Crippen LogP contribution in [0.1, 0.15) is 58.3 Å². The number of hydrogen-bond acceptors (Lipinski definition) is 4. The molecule has 5 unspecified atom stereocenters. The fourth-order valence-electron chi connectivity index (χ4n) is 3.85. The summed E-state index contributed by atoms with van der Waals surface area (Å²) in [6.45, 7) is 6.95. The fraction of sp³-hybridized carbons (Fsp3) is 0.850. The monoisotopic (exact) mass is 420 g/mol. The van der Waals surface area contributed by atoms with Gasteiger partial charge in [0.1, 0.15) is 12.8 Å². The van der Waals surface area contributed by atoms with Crippen molar-refractivity contribution in [3.8, 4) is 0 Å². The average molecular weight is 421 g/mol. The minimum Gasteiger partial charge on any atom is -0.368 e. The molecule has 27 heavy (non-hydrogen) atoms. The predicted molar refractivity (Wildman–Crippen MR) is 112 cm³/mol. The van der Waals surface area contributed by atoms with Gasteiger partial charge in [0.2, 0.25) is 5.91 Å². The lowest BCUT2D eigenvalue weighted by Crippen LogP contribution is -2.35. The Morgan fingerprint density at radius 2 is 2.11 bits per heavy atom. The van der Waals surface area contributed by atoms with Crippen LogP contribution < -0.4 is 10.0 Å². The third kappa shape index (κ3) is 9.16. The molecule has 0 aromatic heterocycles. The van der Waals surface area contributed by atoms with Crippen molar-refractivity contribution >= 4 is 29.5 Å². The van der Waals surface area contributed by atoms with E-state index < -0.39 is 11.5 Å². The molecule has 2 N–H and O–H groups in total. The van der Waals surface area contributed by atoms with Crippen LogP contribution in [-0.4, -0.2) is 42.5 Å². The van der Waals surface area contributed by atoms with Crippen molar-refractivity contribution in [2.24, 2.45) is 11.8 Å². The zero-order valence-corrected chi connectivity index (χ0v) is 17.9. The van der Waals surface area contributed by atoms with Crippen LogP contribution in [0.5, 0.6) is 0 Å². The van der Waals surface area contributed by atoms with E-state index in [9.17, 15) is 9.18 Å². The van der Waals surface area contributed by atoms with E-state index >= 15 is 0 Å². The molecule has 1 amide bonds. The van der Waals surface area contributed by atoms with Crippen LogP contribution in [0.3, 0.4) is 0 Å². The van der Waals surface area contributed by atoms with Gasteiger partial charge in [0.15, 0.2) is 0 Å². The molecule has 2 saturated carbocycles. The number of carbonyl (C=O) groups is 1. The van der Waals surface area contributed by atoms with Gasteiger partial charge in [0, 0.05) is 30.8 Å². The predicted octanol–water partition coefficient (Wildman–Crippen LogP) is 4.59. The van der Waals surface area contributed by atoms with Crippen LogP contribution in [0, 0.1) is 11.8 Å². The molecule has 0 heterocycles. The van der Waals surface area contributed by atoms with E-state index in [1.165, 1.54) is 25.7 Å². The third-order valence-electron chi connectivity index (χ3n) is 5.41. The van der Waals surface area contributed by atoms with Gasteiger partial charge in [-0.3, -0.25) is 9.52 Å². The highest BCUT2D eigenvalue weighted by Gasteiger charge is 2.29. The molecule has 0 aliphatic heterocycles. The molecular formula is C20H34ClFN2O2S. The van der Waals surface area contributed by atoms with Crippen molar-refractivity contribution in [1.82, 2.24) is 10.0 Å². The Hall–Kier alpha value is -0.300. The molecule has 0 aromatic rings. The zero-order chi connectivity index (χ0) is 19.6. The summed E-state index contributed by atoms with van der Waals surface area (Å²) in [6.07, 6.45) is 6.38. The summed E-state index contributed by atoms with van der Waals surface area (Å²) in [7, 11) is 0. The normalized spacial score (nSPS) is 31.4. The molecule has 0 aromatic carbocycles. The van der Waals surface area contributed by atoms with Gasteiger partial charge >= 0.3 is 0 Å². The maximum Gasteiger partial charge on any atom is 0.250 e. The summed E-state index contributed by atoms with van der Waals surface area (Å²) < 4.78 is 22.4. The molecule has 0 bridgehead atoms. The number of carbonyl (C=O) groups excluding carboxylic acids is 1. The summed E-state index contributed by atoms with van der Waals surface area (Å²) in [4.78, 5) is 11.9. The fourth-order valence-corrected chi connectivity index (χ4v) is 4.98. The first-order chi connectivity index (χ1) is 12.9. The van der Waals surface area contributed by atoms with Gasteiger partial charge < -0.3 is 10.1 Å². The Morgan fingerprint density at radius 1 is 1.30 bits per heavy atom. The second-order valence-electron chi connectivity index (χ2n) is 8.02. The largest absolute Gasteiger partial charge is 0.368 e. The van der Waals surface area contributed by atoms with E-state index in [2.05, 4.69) is 23.5 Å². The highest BCUT2D eigenvalue weighted by Crippen LogP contribution is 2.30. The maximum atomic E-state index is 13.6. The van der Waals surface area contributed by atoms with E-state index in [0.29, 0.717) is 25.0 Å². The van der Waals surface area contributed by atoms with Crippen LogP contribution in [0.4, 0.5) is 4.39 Å². The van der Waals surface area contributed by atoms with E-state index in [4.69, 9.17) is 16.3 Å². The van der Waals surface area contributed by atoms with Gasteiger partial charge in [-0.25, -0.2) is 4.39 Å². The molecule has 7 heteroatoms. The van der Waals surface area contributed by atoms with Gasteiger partial charge in [-0.2, -0.15) is 0 Å². The lowest BCUT2D eigenvalue weighted by atomic mass is 9.83. The van der Waals surface area contributed by atoms with Crippen molar-refractivity contribution in [1.29, 1.82) is 0 Å². The van der Waals surface area contributed by atoms with Gasteiger partial charge in [-0.05, 0) is 37.5 Å². The van der Waals surface area contributed by atoms with Crippen molar-refractivity contribution in [2.75, 3.05) is 18.9 Å². The van der Waals surface area contributed by atoms with Gasteiger partial charge in [-0.1, -0.05) is 38.3 Å². The van der Waals surface area contributed by atoms with Crippen LogP contribution in [0.2, 0.25) is 0 Å². The van der Waals surface area contributed by atoms with E-state index in [-0.39, 0.29) is 25.0 Å². The molecule has 5 atom stereocenters. The number of amides is 1.